The molecule has 0 spiro atoms. The number of nitrogens with one attached hydrogen (secondary N) is 1. The predicted molar refractivity (Wildman–Crippen MR) is 116 cm³/mol. The summed E-state index contributed by atoms with van der Waals surface area (Å²) in [7, 11) is 0. The molecule has 8 nitrogen and oxygen atoms in total. The lowest BCUT2D eigenvalue weighted by Crippen LogP contribution is -2.46. The van der Waals surface area contributed by atoms with Gasteiger partial charge >= 0.3 is 0 Å². The number of carbonyl (C=O) groups is 1. The summed E-state index contributed by atoms with van der Waals surface area (Å²) in [6.07, 6.45) is 1.30. The number of fused-ring (bicyclic) bond motifs is 1. The van der Waals surface area contributed by atoms with E-state index in [0.29, 0.717) is 10.3 Å². The first-order valence-electron chi connectivity index (χ1n) is 9.52. The molecule has 3 heterocycles. The Morgan fingerprint density at radius 1 is 1.30 bits per heavy atom. The largest absolute Gasteiger partial charge is 0.345 e. The molecule has 2 aromatic heterocycles. The van der Waals surface area contributed by atoms with Crippen LogP contribution in [-0.4, -0.2) is 58.1 Å². The summed E-state index contributed by atoms with van der Waals surface area (Å²) in [6.45, 7) is 6.48. The molecule has 1 fully saturated rings. The van der Waals surface area contributed by atoms with E-state index in [9.17, 15) is 14.0 Å². The Bertz CT molecular complexity index is 1140. The van der Waals surface area contributed by atoms with Gasteiger partial charge in [0.1, 0.15) is 23.4 Å². The average molecular weight is 451 g/mol. The number of halogens is 2. The summed E-state index contributed by atoms with van der Waals surface area (Å²) in [5.41, 5.74) is 0.189. The lowest BCUT2D eigenvalue weighted by atomic mass is 10.3. The fraction of sp³-hybridized carbons (Fsp3) is 0.368. The zero-order valence-electron chi connectivity index (χ0n) is 16.3. The summed E-state index contributed by atoms with van der Waals surface area (Å²) < 4.78 is 15.0. The minimum absolute atomic E-state index is 0.148. The Labute approximate surface area is 180 Å². The molecule has 0 atom stereocenters. The third-order valence-electron chi connectivity index (χ3n) is 4.98. The average Bonchev–Trinajstić information content (AvgIpc) is 3.18. The third-order valence-corrected chi connectivity index (χ3v) is 6.40. The van der Waals surface area contributed by atoms with Crippen molar-refractivity contribution < 1.29 is 9.18 Å². The maximum atomic E-state index is 13.4. The van der Waals surface area contributed by atoms with Crippen LogP contribution in [0, 0.1) is 5.82 Å². The van der Waals surface area contributed by atoms with Crippen LogP contribution in [0.3, 0.4) is 0 Å². The van der Waals surface area contributed by atoms with Gasteiger partial charge in [0.2, 0.25) is 5.91 Å². The highest BCUT2D eigenvalue weighted by atomic mass is 35.5. The first kappa shape index (κ1) is 20.7. The van der Waals surface area contributed by atoms with Crippen LogP contribution in [0.4, 0.5) is 15.2 Å². The lowest BCUT2D eigenvalue weighted by Gasteiger charge is -2.33. The number of carbonyl (C=O) groups excluding carboxylic acids is 1. The molecule has 0 bridgehead atoms. The standard InChI is InChI=1S/C19H20ClFN6O2S/c1-2-25-5-7-26(8-6-25)19-24-17-16(30-19)18(29)27(11-22-17)10-15(28)23-14-9-12(21)3-4-13(14)20/h3-4,9,11H,2,5-8,10H2,1H3,(H,23,28). The molecule has 0 aliphatic carbocycles. The molecule has 0 unspecified atom stereocenters. The zero-order chi connectivity index (χ0) is 21.3. The fourth-order valence-electron chi connectivity index (χ4n) is 3.28. The number of likely N-dealkylation sites (N-methyl/N-ethyl adjacent to an activating group) is 1. The number of thiazole rings is 1. The van der Waals surface area contributed by atoms with Crippen LogP contribution in [0.25, 0.3) is 10.3 Å². The van der Waals surface area contributed by atoms with Gasteiger partial charge in [0.15, 0.2) is 10.8 Å². The number of nitrogens with zero attached hydrogens (tertiary/aromatic N) is 5. The Balaban J connectivity index is 1.51. The van der Waals surface area contributed by atoms with Crippen LogP contribution >= 0.6 is 22.9 Å². The van der Waals surface area contributed by atoms with E-state index in [-0.39, 0.29) is 22.8 Å². The van der Waals surface area contributed by atoms with E-state index in [1.54, 1.807) is 0 Å². The molecule has 158 valence electrons. The minimum atomic E-state index is -0.521. The van der Waals surface area contributed by atoms with E-state index in [4.69, 9.17) is 11.6 Å². The van der Waals surface area contributed by atoms with Gasteiger partial charge in [-0.25, -0.2) is 9.37 Å². The van der Waals surface area contributed by atoms with Gasteiger partial charge < -0.3 is 15.1 Å². The first-order chi connectivity index (χ1) is 14.4. The summed E-state index contributed by atoms with van der Waals surface area (Å²) in [4.78, 5) is 38.4. The van der Waals surface area contributed by atoms with E-state index >= 15 is 0 Å². The van der Waals surface area contributed by atoms with Crippen molar-refractivity contribution in [2.75, 3.05) is 42.9 Å². The molecule has 1 aliphatic heterocycles. The number of hydrogen-bond acceptors (Lipinski definition) is 7. The van der Waals surface area contributed by atoms with E-state index in [1.165, 1.54) is 34.4 Å². The van der Waals surface area contributed by atoms with Crippen molar-refractivity contribution in [1.82, 2.24) is 19.4 Å². The van der Waals surface area contributed by atoms with Crippen molar-refractivity contribution in [3.63, 3.8) is 0 Å². The van der Waals surface area contributed by atoms with Crippen LogP contribution in [-0.2, 0) is 11.3 Å². The summed E-state index contributed by atoms with van der Waals surface area (Å²) in [5.74, 6) is -1.03. The molecule has 1 aliphatic rings. The fourth-order valence-corrected chi connectivity index (χ4v) is 4.46. The van der Waals surface area contributed by atoms with E-state index in [0.717, 1.165) is 43.9 Å². The number of piperazine rings is 1. The molecule has 0 radical (unpaired) electrons. The van der Waals surface area contributed by atoms with Crippen molar-refractivity contribution in [2.45, 2.75) is 13.5 Å². The molecular weight excluding hydrogens is 431 g/mol. The molecule has 11 heteroatoms. The van der Waals surface area contributed by atoms with Gasteiger partial charge in [-0.05, 0) is 24.7 Å². The number of hydrogen-bond donors (Lipinski definition) is 1. The molecule has 4 rings (SSSR count). The number of amides is 1. The summed E-state index contributed by atoms with van der Waals surface area (Å²) >= 11 is 7.26. The second-order valence-corrected chi connectivity index (χ2v) is 8.31. The Morgan fingerprint density at radius 3 is 2.80 bits per heavy atom. The number of benzene rings is 1. The molecule has 30 heavy (non-hydrogen) atoms. The smallest absolute Gasteiger partial charge is 0.273 e. The lowest BCUT2D eigenvalue weighted by molar-refractivity contribution is -0.116. The second kappa shape index (κ2) is 8.66. The highest BCUT2D eigenvalue weighted by Crippen LogP contribution is 2.26. The molecule has 3 aromatic rings. The van der Waals surface area contributed by atoms with Crippen molar-refractivity contribution in [2.24, 2.45) is 0 Å². The Morgan fingerprint density at radius 2 is 2.07 bits per heavy atom. The first-order valence-corrected chi connectivity index (χ1v) is 10.7. The van der Waals surface area contributed by atoms with Crippen LogP contribution in [0.5, 0.6) is 0 Å². The normalized spacial score (nSPS) is 15.0. The number of rotatable bonds is 5. The van der Waals surface area contributed by atoms with Gasteiger partial charge in [-0.2, -0.15) is 4.98 Å². The highest BCUT2D eigenvalue weighted by molar-refractivity contribution is 7.22. The molecule has 1 amide bonds. The van der Waals surface area contributed by atoms with E-state index < -0.39 is 11.7 Å². The second-order valence-electron chi connectivity index (χ2n) is 6.92. The summed E-state index contributed by atoms with van der Waals surface area (Å²) in [6, 6.07) is 3.67. The number of aromatic nitrogens is 3. The minimum Gasteiger partial charge on any atom is -0.345 e. The van der Waals surface area contributed by atoms with Gasteiger partial charge in [0.05, 0.1) is 10.7 Å². The predicted octanol–water partition coefficient (Wildman–Crippen LogP) is 2.43. The van der Waals surface area contributed by atoms with Crippen LogP contribution in [0.1, 0.15) is 6.92 Å². The van der Waals surface area contributed by atoms with Gasteiger partial charge in [0.25, 0.3) is 5.56 Å². The maximum absolute atomic E-state index is 13.4. The molecular formula is C19H20ClFN6O2S. The molecule has 1 N–H and O–H groups in total. The van der Waals surface area contributed by atoms with E-state index in [2.05, 4.69) is 32.0 Å². The van der Waals surface area contributed by atoms with Gasteiger partial charge in [-0.1, -0.05) is 29.9 Å². The Hall–Kier alpha value is -2.56. The van der Waals surface area contributed by atoms with E-state index in [1.807, 2.05) is 0 Å². The zero-order valence-corrected chi connectivity index (χ0v) is 17.8. The highest BCUT2D eigenvalue weighted by Gasteiger charge is 2.21. The van der Waals surface area contributed by atoms with Crippen LogP contribution < -0.4 is 15.8 Å². The van der Waals surface area contributed by atoms with Crippen molar-refractivity contribution in [1.29, 1.82) is 0 Å². The quantitative estimate of drug-likeness (QED) is 0.642. The van der Waals surface area contributed by atoms with Crippen molar-refractivity contribution >= 4 is 50.0 Å². The monoisotopic (exact) mass is 450 g/mol. The SMILES string of the molecule is CCN1CCN(c2nc3ncn(CC(=O)Nc4cc(F)ccc4Cl)c(=O)c3s2)CC1. The van der Waals surface area contributed by atoms with Crippen molar-refractivity contribution in [3.05, 3.63) is 45.7 Å². The molecule has 0 saturated carbocycles. The van der Waals surface area contributed by atoms with Crippen LogP contribution in [0.15, 0.2) is 29.3 Å². The van der Waals surface area contributed by atoms with Gasteiger partial charge in [-0.15, -0.1) is 0 Å². The van der Waals surface area contributed by atoms with Crippen LogP contribution in [0.2, 0.25) is 5.02 Å². The van der Waals surface area contributed by atoms with Crippen molar-refractivity contribution in [3.8, 4) is 0 Å². The molecule has 1 aromatic carbocycles. The van der Waals surface area contributed by atoms with Gasteiger partial charge in [-0.3, -0.25) is 14.2 Å². The third kappa shape index (κ3) is 4.30. The summed E-state index contributed by atoms with van der Waals surface area (Å²) in [5, 5.41) is 3.49. The number of anilines is 2. The topological polar surface area (TPSA) is 83.4 Å². The molecule has 1 saturated heterocycles. The van der Waals surface area contributed by atoms with Gasteiger partial charge in [0, 0.05) is 26.2 Å². The Kier molecular flexibility index (Phi) is 5.98. The maximum Gasteiger partial charge on any atom is 0.273 e.